The monoisotopic (exact) mass is 274 g/mol. The Balaban J connectivity index is 2.29. The summed E-state index contributed by atoms with van der Waals surface area (Å²) >= 11 is 0. The number of hydrogen-bond acceptors (Lipinski definition) is 0. The highest BCUT2D eigenvalue weighted by molar-refractivity contribution is 5.76. The quantitative estimate of drug-likeness (QED) is 0.537. The van der Waals surface area contributed by atoms with Gasteiger partial charge >= 0.3 is 0 Å². The van der Waals surface area contributed by atoms with Crippen LogP contribution in [-0.4, -0.2) is 0 Å². The van der Waals surface area contributed by atoms with Crippen molar-refractivity contribution < 1.29 is 0 Å². The molecule has 0 atom stereocenters. The van der Waals surface area contributed by atoms with Gasteiger partial charge in [0.05, 0.1) is 0 Å². The minimum atomic E-state index is 1.09. The highest BCUT2D eigenvalue weighted by Crippen LogP contribution is 2.24. The Kier molecular flexibility index (Phi) is 5.34. The lowest BCUT2D eigenvalue weighted by atomic mass is 9.98. The van der Waals surface area contributed by atoms with Gasteiger partial charge in [0.25, 0.3) is 0 Å². The molecule has 2 rings (SSSR count). The van der Waals surface area contributed by atoms with Crippen LogP contribution in [0.5, 0.6) is 0 Å². The second kappa shape index (κ2) is 7.44. The second-order valence-corrected chi connectivity index (χ2v) is 5.06. The zero-order chi connectivity index (χ0) is 15.1. The van der Waals surface area contributed by atoms with Gasteiger partial charge in [0.1, 0.15) is 0 Å². The average molecular weight is 274 g/mol. The van der Waals surface area contributed by atoms with Crippen LogP contribution >= 0.6 is 0 Å². The molecule has 2 aromatic rings. The Labute approximate surface area is 128 Å². The molecule has 0 N–H and O–H groups in total. The van der Waals surface area contributed by atoms with Crippen molar-refractivity contribution in [2.45, 2.75) is 19.8 Å². The summed E-state index contributed by atoms with van der Waals surface area (Å²) in [5, 5.41) is 0. The molecule has 0 heterocycles. The van der Waals surface area contributed by atoms with Crippen molar-refractivity contribution >= 4 is 11.6 Å². The molecule has 0 aromatic heterocycles. The van der Waals surface area contributed by atoms with Crippen molar-refractivity contribution in [2.75, 3.05) is 0 Å². The molecule has 0 aliphatic rings. The molecule has 0 amide bonds. The molecule has 0 nitrogen and oxygen atoms in total. The fourth-order valence-electron chi connectivity index (χ4n) is 2.32. The molecule has 0 fully saturated rings. The molecule has 0 bridgehead atoms. The van der Waals surface area contributed by atoms with Gasteiger partial charge in [-0.15, -0.1) is 0 Å². The van der Waals surface area contributed by atoms with E-state index in [4.69, 9.17) is 0 Å². The predicted octanol–water partition coefficient (Wildman–Crippen LogP) is 6.37. The predicted molar refractivity (Wildman–Crippen MR) is 95.1 cm³/mol. The lowest BCUT2D eigenvalue weighted by molar-refractivity contribution is 0.960. The van der Waals surface area contributed by atoms with Gasteiger partial charge in [-0.05, 0) is 40.3 Å². The maximum atomic E-state index is 3.91. The fourth-order valence-corrected chi connectivity index (χ4v) is 2.32. The standard InChI is InChI=1S/C21H22/c1-4-7-10-18(6-3)19-12-14-20(15-13-19)21-11-8-9-17(5-2)16-21/h5-6,8-16H,2-4,7H2,1H3/b18-10+. The van der Waals surface area contributed by atoms with Crippen molar-refractivity contribution in [3.63, 3.8) is 0 Å². The van der Waals surface area contributed by atoms with Gasteiger partial charge in [-0.2, -0.15) is 0 Å². The Morgan fingerprint density at radius 1 is 1.00 bits per heavy atom. The lowest BCUT2D eigenvalue weighted by Crippen LogP contribution is -1.84. The number of benzene rings is 2. The van der Waals surface area contributed by atoms with Gasteiger partial charge in [-0.25, -0.2) is 0 Å². The van der Waals surface area contributed by atoms with E-state index in [1.165, 1.54) is 22.3 Å². The zero-order valence-corrected chi connectivity index (χ0v) is 12.7. The van der Waals surface area contributed by atoms with E-state index in [-0.39, 0.29) is 0 Å². The summed E-state index contributed by atoms with van der Waals surface area (Å²) in [6, 6.07) is 17.1. The third-order valence-corrected chi connectivity index (χ3v) is 3.55. The fraction of sp³-hybridized carbons (Fsp3) is 0.143. The number of rotatable bonds is 6. The van der Waals surface area contributed by atoms with E-state index in [1.54, 1.807) is 0 Å². The van der Waals surface area contributed by atoms with Crippen molar-refractivity contribution in [1.29, 1.82) is 0 Å². The van der Waals surface area contributed by atoms with Gasteiger partial charge in [0, 0.05) is 0 Å². The Morgan fingerprint density at radius 2 is 1.76 bits per heavy atom. The number of allylic oxidation sites excluding steroid dienone is 3. The minimum absolute atomic E-state index is 1.09. The van der Waals surface area contributed by atoms with E-state index in [2.05, 4.69) is 74.7 Å². The van der Waals surface area contributed by atoms with Gasteiger partial charge in [-0.3, -0.25) is 0 Å². The summed E-state index contributed by atoms with van der Waals surface area (Å²) in [6.45, 7) is 9.93. The second-order valence-electron chi connectivity index (χ2n) is 5.06. The van der Waals surface area contributed by atoms with Crippen LogP contribution in [0.1, 0.15) is 30.9 Å². The smallest absolute Gasteiger partial charge is 0.0178 e. The number of unbranched alkanes of at least 4 members (excludes halogenated alkanes) is 1. The number of hydrogen-bond donors (Lipinski definition) is 0. The first kappa shape index (κ1) is 15.1. The first-order valence-corrected chi connectivity index (χ1v) is 7.44. The summed E-state index contributed by atoms with van der Waals surface area (Å²) in [5.74, 6) is 0. The third-order valence-electron chi connectivity index (χ3n) is 3.55. The summed E-state index contributed by atoms with van der Waals surface area (Å²) < 4.78 is 0. The van der Waals surface area contributed by atoms with Crippen LogP contribution in [0.2, 0.25) is 0 Å². The molecule has 0 aliphatic carbocycles. The van der Waals surface area contributed by atoms with E-state index in [0.29, 0.717) is 0 Å². The van der Waals surface area contributed by atoms with E-state index >= 15 is 0 Å². The summed E-state index contributed by atoms with van der Waals surface area (Å²) in [5.41, 5.74) is 6.02. The van der Waals surface area contributed by atoms with Crippen LogP contribution in [0, 0.1) is 0 Å². The maximum Gasteiger partial charge on any atom is -0.0178 e. The van der Waals surface area contributed by atoms with E-state index < -0.39 is 0 Å². The van der Waals surface area contributed by atoms with E-state index in [9.17, 15) is 0 Å². The molecule has 2 aromatic carbocycles. The molecule has 0 spiro atoms. The van der Waals surface area contributed by atoms with E-state index in [0.717, 1.165) is 18.4 Å². The van der Waals surface area contributed by atoms with Gasteiger partial charge < -0.3 is 0 Å². The topological polar surface area (TPSA) is 0 Å². The Hall–Kier alpha value is -2.34. The molecule has 0 saturated carbocycles. The molecule has 0 saturated heterocycles. The van der Waals surface area contributed by atoms with Crippen LogP contribution in [0.4, 0.5) is 0 Å². The lowest BCUT2D eigenvalue weighted by Gasteiger charge is -2.06. The summed E-state index contributed by atoms with van der Waals surface area (Å²) in [4.78, 5) is 0. The Bertz CT molecular complexity index is 642. The molecule has 0 heteroatoms. The molecular formula is C21H22. The minimum Gasteiger partial charge on any atom is -0.0985 e. The maximum absolute atomic E-state index is 3.91. The normalized spacial score (nSPS) is 11.2. The van der Waals surface area contributed by atoms with Gasteiger partial charge in [0.15, 0.2) is 0 Å². The molecule has 106 valence electrons. The summed E-state index contributed by atoms with van der Waals surface area (Å²) in [6.07, 6.45) is 8.30. The molecule has 21 heavy (non-hydrogen) atoms. The van der Waals surface area contributed by atoms with E-state index in [1.807, 2.05) is 12.2 Å². The Morgan fingerprint density at radius 3 is 2.38 bits per heavy atom. The van der Waals surface area contributed by atoms with Crippen molar-refractivity contribution in [3.05, 3.63) is 85.0 Å². The largest absolute Gasteiger partial charge is 0.0985 e. The van der Waals surface area contributed by atoms with Gasteiger partial charge in [0.2, 0.25) is 0 Å². The van der Waals surface area contributed by atoms with Crippen molar-refractivity contribution in [1.82, 2.24) is 0 Å². The van der Waals surface area contributed by atoms with Crippen LogP contribution in [0.25, 0.3) is 22.8 Å². The van der Waals surface area contributed by atoms with Crippen molar-refractivity contribution in [2.24, 2.45) is 0 Å². The van der Waals surface area contributed by atoms with Crippen LogP contribution < -0.4 is 0 Å². The van der Waals surface area contributed by atoms with Crippen LogP contribution in [0.3, 0.4) is 0 Å². The molecular weight excluding hydrogens is 252 g/mol. The first-order valence-electron chi connectivity index (χ1n) is 7.44. The van der Waals surface area contributed by atoms with Crippen molar-refractivity contribution in [3.8, 4) is 11.1 Å². The van der Waals surface area contributed by atoms with Crippen LogP contribution in [-0.2, 0) is 0 Å². The SMILES string of the molecule is C=C/C(=C\CCC)c1ccc(-c2cccc(C=C)c2)cc1. The molecule has 0 unspecified atom stereocenters. The highest BCUT2D eigenvalue weighted by atomic mass is 14.1. The van der Waals surface area contributed by atoms with Gasteiger partial charge in [-0.1, -0.05) is 87.2 Å². The summed E-state index contributed by atoms with van der Waals surface area (Å²) in [7, 11) is 0. The molecule has 0 radical (unpaired) electrons. The molecule has 0 aliphatic heterocycles. The third kappa shape index (κ3) is 3.82. The zero-order valence-electron chi connectivity index (χ0n) is 12.7. The highest BCUT2D eigenvalue weighted by Gasteiger charge is 2.01. The first-order chi connectivity index (χ1) is 10.3. The average Bonchev–Trinajstić information content (AvgIpc) is 2.56. The van der Waals surface area contributed by atoms with Crippen LogP contribution in [0.15, 0.2) is 73.8 Å².